The predicted octanol–water partition coefficient (Wildman–Crippen LogP) is 8.50. The molecule has 0 aliphatic heterocycles. The first kappa shape index (κ1) is 30.7. The number of hydrogen-bond donors (Lipinski definition) is 0. The predicted molar refractivity (Wildman–Crippen MR) is 163 cm³/mol. The normalized spacial score (nSPS) is 12.5. The van der Waals surface area contributed by atoms with E-state index < -0.39 is 13.9 Å². The minimum Gasteiger partial charge on any atom is -0.460 e. The fraction of sp³-hybridized carbons (Fsp3) is 0.176. The van der Waals surface area contributed by atoms with Gasteiger partial charge in [0.15, 0.2) is 0 Å². The first-order chi connectivity index (χ1) is 20.5. The Kier molecular flexibility index (Phi) is 11.8. The number of rotatable bonds is 18. The van der Waals surface area contributed by atoms with E-state index in [1.54, 1.807) is 54.6 Å². The summed E-state index contributed by atoms with van der Waals surface area (Å²) in [6, 6.07) is 36.9. The van der Waals surface area contributed by atoms with Crippen molar-refractivity contribution >= 4 is 7.82 Å². The van der Waals surface area contributed by atoms with Crippen LogP contribution in [0.5, 0.6) is 11.5 Å². The van der Waals surface area contributed by atoms with Gasteiger partial charge in [-0.15, -0.1) is 6.58 Å². The molecule has 0 N–H and O–H groups in total. The Bertz CT molecular complexity index is 1350. The van der Waals surface area contributed by atoms with E-state index in [1.807, 2.05) is 72.8 Å². The van der Waals surface area contributed by atoms with Crippen LogP contribution in [0.25, 0.3) is 0 Å². The van der Waals surface area contributed by atoms with Crippen LogP contribution in [0, 0.1) is 0 Å². The molecule has 0 unspecified atom stereocenters. The Morgan fingerprint density at radius 3 is 1.69 bits per heavy atom. The third-order valence-electron chi connectivity index (χ3n) is 5.91. The second kappa shape index (κ2) is 16.2. The second-order valence-electron chi connectivity index (χ2n) is 9.27. The molecule has 0 aliphatic carbocycles. The summed E-state index contributed by atoms with van der Waals surface area (Å²) in [5.74, 6) is 0.353. The molecule has 0 radical (unpaired) electrons. The average molecular weight is 587 g/mol. The highest BCUT2D eigenvalue weighted by molar-refractivity contribution is 7.49. The van der Waals surface area contributed by atoms with E-state index in [0.29, 0.717) is 31.1 Å². The highest BCUT2D eigenvalue weighted by Gasteiger charge is 2.35. The van der Waals surface area contributed by atoms with Crippen molar-refractivity contribution in [1.29, 1.82) is 0 Å². The van der Waals surface area contributed by atoms with Crippen LogP contribution in [-0.2, 0) is 36.5 Å². The third kappa shape index (κ3) is 10.6. The summed E-state index contributed by atoms with van der Waals surface area (Å²) in [7, 11) is -4.26. The van der Waals surface area contributed by atoms with Crippen LogP contribution in [0.1, 0.15) is 17.5 Å². The lowest BCUT2D eigenvalue weighted by Gasteiger charge is -2.25. The van der Waals surface area contributed by atoms with E-state index in [1.165, 1.54) is 0 Å². The number of para-hydroxylation sites is 2. The zero-order valence-electron chi connectivity index (χ0n) is 23.3. The Labute approximate surface area is 247 Å². The molecule has 0 aromatic heterocycles. The van der Waals surface area contributed by atoms with E-state index >= 15 is 0 Å². The zero-order chi connectivity index (χ0) is 29.5. The van der Waals surface area contributed by atoms with E-state index in [4.69, 9.17) is 27.8 Å². The maximum Gasteiger partial charge on any atom is 0.649 e. The van der Waals surface area contributed by atoms with Gasteiger partial charge < -0.3 is 27.8 Å². The molecule has 4 aromatic carbocycles. The van der Waals surface area contributed by atoms with Gasteiger partial charge in [-0.25, -0.2) is 0 Å². The second-order valence-corrected chi connectivity index (χ2v) is 10.7. The first-order valence-corrected chi connectivity index (χ1v) is 15.0. The molecule has 0 bridgehead atoms. The topological polar surface area (TPSA) is 72.5 Å². The Morgan fingerprint density at radius 1 is 0.714 bits per heavy atom. The molecule has 42 heavy (non-hydrogen) atoms. The zero-order valence-corrected chi connectivity index (χ0v) is 24.2. The van der Waals surface area contributed by atoms with Gasteiger partial charge in [-0.05, 0) is 42.0 Å². The molecule has 2 atom stereocenters. The summed E-state index contributed by atoms with van der Waals surface area (Å²) in [5.41, 5.74) is 2.05. The van der Waals surface area contributed by atoms with Crippen LogP contribution in [0.2, 0.25) is 0 Å². The number of ether oxygens (including phenoxy) is 3. The van der Waals surface area contributed by atoms with E-state index in [9.17, 15) is 4.57 Å². The summed E-state index contributed by atoms with van der Waals surface area (Å²) in [5, 5.41) is 0. The summed E-state index contributed by atoms with van der Waals surface area (Å²) in [6.07, 6.45) is 1.14. The summed E-state index contributed by atoms with van der Waals surface area (Å²) >= 11 is 0. The van der Waals surface area contributed by atoms with E-state index in [0.717, 1.165) is 11.1 Å². The minimum absolute atomic E-state index is 0.180. The van der Waals surface area contributed by atoms with E-state index in [-0.39, 0.29) is 18.7 Å². The van der Waals surface area contributed by atoms with Crippen LogP contribution < -0.4 is 9.05 Å². The van der Waals surface area contributed by atoms with Gasteiger partial charge in [-0.2, -0.15) is 4.57 Å². The van der Waals surface area contributed by atoms with Crippen molar-refractivity contribution in [2.24, 2.45) is 0 Å². The van der Waals surface area contributed by atoms with Crippen molar-refractivity contribution < 1.29 is 32.3 Å². The minimum atomic E-state index is -4.26. The maximum atomic E-state index is 13.8. The van der Waals surface area contributed by atoms with Gasteiger partial charge in [-0.3, -0.25) is 0 Å². The quantitative estimate of drug-likeness (QED) is 0.0658. The summed E-state index contributed by atoms with van der Waals surface area (Å²) < 4.78 is 48.9. The van der Waals surface area contributed by atoms with Crippen molar-refractivity contribution in [3.05, 3.63) is 158 Å². The number of benzene rings is 4. The largest absolute Gasteiger partial charge is 0.649 e. The molecule has 0 aliphatic rings. The molecule has 4 aromatic rings. The fourth-order valence-electron chi connectivity index (χ4n) is 3.91. The standard InChI is InChI=1S/C34H35O7P/c1-3-31(37-26-30-18-10-5-11-19-30)24-34(27-36-25-29-16-8-4-9-17-29)38-28(2)39-42(35,40-32-20-12-6-13-21-32)41-33-22-14-7-15-23-33/h3-23,31,34H,1-2,24-27H2/t31-,34-/m0/s1. The van der Waals surface area contributed by atoms with Gasteiger partial charge in [0, 0.05) is 6.42 Å². The monoisotopic (exact) mass is 586 g/mol. The molecular formula is C34H35O7P. The maximum absolute atomic E-state index is 13.8. The van der Waals surface area contributed by atoms with Crippen molar-refractivity contribution in [3.63, 3.8) is 0 Å². The van der Waals surface area contributed by atoms with Crippen molar-refractivity contribution in [1.82, 2.24) is 0 Å². The molecule has 0 fully saturated rings. The molecular weight excluding hydrogens is 551 g/mol. The Balaban J connectivity index is 1.44. The van der Waals surface area contributed by atoms with Crippen LogP contribution in [0.3, 0.4) is 0 Å². The molecule has 7 nitrogen and oxygen atoms in total. The lowest BCUT2D eigenvalue weighted by molar-refractivity contribution is -0.0517. The summed E-state index contributed by atoms with van der Waals surface area (Å²) in [6.45, 7) is 8.74. The molecule has 0 spiro atoms. The number of hydrogen-bond acceptors (Lipinski definition) is 7. The lowest BCUT2D eigenvalue weighted by atomic mass is 10.1. The van der Waals surface area contributed by atoms with Crippen LogP contribution in [0.15, 0.2) is 147 Å². The SMILES string of the molecule is C=C[C@@H](C[C@@H](COCc1ccccc1)OC(=C)OP(=O)(Oc1ccccc1)Oc1ccccc1)OCc1ccccc1. The Morgan fingerprint density at radius 2 is 1.19 bits per heavy atom. The van der Waals surface area contributed by atoms with Crippen LogP contribution >= 0.6 is 7.82 Å². The smallest absolute Gasteiger partial charge is 0.460 e. The lowest BCUT2D eigenvalue weighted by Crippen LogP contribution is -2.26. The van der Waals surface area contributed by atoms with Crippen LogP contribution in [-0.4, -0.2) is 18.8 Å². The number of phosphoric acid groups is 1. The first-order valence-electron chi connectivity index (χ1n) is 13.6. The molecule has 0 saturated carbocycles. The molecule has 218 valence electrons. The molecule has 0 amide bonds. The van der Waals surface area contributed by atoms with Gasteiger partial charge >= 0.3 is 7.82 Å². The van der Waals surface area contributed by atoms with Gasteiger partial charge in [0.1, 0.15) is 17.6 Å². The summed E-state index contributed by atoms with van der Waals surface area (Å²) in [4.78, 5) is 0. The van der Waals surface area contributed by atoms with Gasteiger partial charge in [0.05, 0.1) is 25.9 Å². The number of phosphoric ester groups is 1. The van der Waals surface area contributed by atoms with Gasteiger partial charge in [0.2, 0.25) is 0 Å². The molecule has 4 rings (SSSR count). The van der Waals surface area contributed by atoms with Crippen molar-refractivity contribution in [2.45, 2.75) is 31.8 Å². The highest BCUT2D eigenvalue weighted by atomic mass is 31.2. The van der Waals surface area contributed by atoms with Crippen molar-refractivity contribution in [3.8, 4) is 11.5 Å². The molecule has 0 saturated heterocycles. The van der Waals surface area contributed by atoms with Gasteiger partial charge in [-0.1, -0.05) is 103 Å². The van der Waals surface area contributed by atoms with E-state index in [2.05, 4.69) is 13.2 Å². The van der Waals surface area contributed by atoms with Crippen LogP contribution in [0.4, 0.5) is 0 Å². The molecule has 8 heteroatoms. The van der Waals surface area contributed by atoms with Gasteiger partial charge in [0.25, 0.3) is 5.95 Å². The average Bonchev–Trinajstić information content (AvgIpc) is 3.01. The van der Waals surface area contributed by atoms with Crippen molar-refractivity contribution in [2.75, 3.05) is 6.61 Å². The highest BCUT2D eigenvalue weighted by Crippen LogP contribution is 2.51. The third-order valence-corrected chi connectivity index (χ3v) is 7.21. The fourth-order valence-corrected chi connectivity index (χ4v) is 5.07. The molecule has 0 heterocycles. The Hall–Kier alpha value is -4.29.